The Hall–Kier alpha value is -1.32. The predicted octanol–water partition coefficient (Wildman–Crippen LogP) is 1.74. The van der Waals surface area contributed by atoms with E-state index in [1.807, 2.05) is 31.2 Å². The number of rotatable bonds is 4. The predicted molar refractivity (Wildman–Crippen MR) is 60.3 cm³/mol. The van der Waals surface area contributed by atoms with Crippen LogP contribution in [0.2, 0.25) is 0 Å². The van der Waals surface area contributed by atoms with Crippen molar-refractivity contribution in [3.8, 4) is 0 Å². The maximum absolute atomic E-state index is 5.85. The number of hydrogen-bond acceptors (Lipinski definition) is 3. The molecule has 5 N–H and O–H groups in total. The van der Waals surface area contributed by atoms with Crippen molar-refractivity contribution in [2.45, 2.75) is 19.4 Å². The monoisotopic (exact) mass is 191 g/mol. The number of nitrogen functional groups attached to an aromatic ring is 1. The van der Waals surface area contributed by atoms with Gasteiger partial charge in [0.2, 0.25) is 0 Å². The number of para-hydroxylation sites is 1. The van der Waals surface area contributed by atoms with Crippen LogP contribution in [-0.4, -0.2) is 0 Å². The Balaban J connectivity index is 2.89. The van der Waals surface area contributed by atoms with Crippen LogP contribution in [0.1, 0.15) is 24.9 Å². The minimum atomic E-state index is 0.0497. The van der Waals surface area contributed by atoms with E-state index in [4.69, 9.17) is 11.6 Å². The van der Waals surface area contributed by atoms with E-state index in [0.717, 1.165) is 23.2 Å². The maximum atomic E-state index is 5.85. The summed E-state index contributed by atoms with van der Waals surface area (Å²) >= 11 is 0. The molecule has 0 saturated heterocycles. The molecule has 0 aromatic heterocycles. The van der Waals surface area contributed by atoms with Crippen LogP contribution in [0.25, 0.3) is 0 Å². The molecule has 0 aliphatic heterocycles. The summed E-state index contributed by atoms with van der Waals surface area (Å²) in [4.78, 5) is 0. The van der Waals surface area contributed by atoms with Crippen molar-refractivity contribution in [2.24, 2.45) is 5.84 Å². The molecule has 1 aromatic carbocycles. The molecule has 0 radical (unpaired) electrons. The first-order valence-corrected chi connectivity index (χ1v) is 4.60. The molecule has 0 fully saturated rings. The first kappa shape index (κ1) is 10.8. The SMILES string of the molecule is C=C(C)CC(NN)c1ccccc1N. The van der Waals surface area contributed by atoms with E-state index in [1.54, 1.807) is 0 Å². The summed E-state index contributed by atoms with van der Waals surface area (Å²) in [5.41, 5.74) is 11.5. The standard InChI is InChI=1S/C11H17N3/c1-8(2)7-11(14-13)9-5-3-4-6-10(9)12/h3-6,11,14H,1,7,12-13H2,2H3. The third-order valence-electron chi connectivity index (χ3n) is 2.13. The quantitative estimate of drug-likeness (QED) is 0.294. The van der Waals surface area contributed by atoms with E-state index < -0.39 is 0 Å². The van der Waals surface area contributed by atoms with E-state index in [-0.39, 0.29) is 6.04 Å². The van der Waals surface area contributed by atoms with Crippen LogP contribution in [0.5, 0.6) is 0 Å². The largest absolute Gasteiger partial charge is 0.398 e. The number of hydrazine groups is 1. The van der Waals surface area contributed by atoms with E-state index in [2.05, 4.69) is 12.0 Å². The van der Waals surface area contributed by atoms with E-state index in [1.165, 1.54) is 0 Å². The Labute approximate surface area is 84.8 Å². The highest BCUT2D eigenvalue weighted by Crippen LogP contribution is 2.24. The summed E-state index contributed by atoms with van der Waals surface area (Å²) in [6.07, 6.45) is 0.796. The zero-order valence-electron chi connectivity index (χ0n) is 8.46. The Morgan fingerprint density at radius 2 is 2.14 bits per heavy atom. The number of benzene rings is 1. The molecule has 1 rings (SSSR count). The van der Waals surface area contributed by atoms with Crippen LogP contribution < -0.4 is 17.0 Å². The van der Waals surface area contributed by atoms with Crippen molar-refractivity contribution in [2.75, 3.05) is 5.73 Å². The fourth-order valence-corrected chi connectivity index (χ4v) is 1.44. The van der Waals surface area contributed by atoms with Gasteiger partial charge in [0.05, 0.1) is 6.04 Å². The van der Waals surface area contributed by atoms with Crippen LogP contribution in [-0.2, 0) is 0 Å². The molecule has 1 unspecified atom stereocenters. The summed E-state index contributed by atoms with van der Waals surface area (Å²) in [6.45, 7) is 5.84. The highest BCUT2D eigenvalue weighted by atomic mass is 15.2. The zero-order valence-corrected chi connectivity index (χ0v) is 8.46. The number of hydrogen-bond donors (Lipinski definition) is 3. The van der Waals surface area contributed by atoms with Crippen LogP contribution in [0.15, 0.2) is 36.4 Å². The normalized spacial score (nSPS) is 12.4. The molecule has 0 aliphatic carbocycles. The Bertz CT molecular complexity index is 320. The Morgan fingerprint density at radius 1 is 1.50 bits per heavy atom. The van der Waals surface area contributed by atoms with E-state index in [0.29, 0.717) is 0 Å². The first-order chi connectivity index (χ1) is 6.65. The van der Waals surface area contributed by atoms with E-state index in [9.17, 15) is 0 Å². The molecule has 0 saturated carbocycles. The van der Waals surface area contributed by atoms with Crippen molar-refractivity contribution < 1.29 is 0 Å². The molecular weight excluding hydrogens is 174 g/mol. The topological polar surface area (TPSA) is 64.1 Å². The molecular formula is C11H17N3. The van der Waals surface area contributed by atoms with Gasteiger partial charge in [-0.05, 0) is 25.0 Å². The third-order valence-corrected chi connectivity index (χ3v) is 2.13. The minimum Gasteiger partial charge on any atom is -0.398 e. The number of nitrogens with two attached hydrogens (primary N) is 2. The molecule has 0 aliphatic rings. The fraction of sp³-hybridized carbons (Fsp3) is 0.273. The second kappa shape index (κ2) is 4.79. The lowest BCUT2D eigenvalue weighted by atomic mass is 9.99. The average Bonchev–Trinajstić information content (AvgIpc) is 2.15. The molecule has 76 valence electrons. The lowest BCUT2D eigenvalue weighted by Gasteiger charge is -2.17. The van der Waals surface area contributed by atoms with Gasteiger partial charge in [-0.3, -0.25) is 11.3 Å². The van der Waals surface area contributed by atoms with Gasteiger partial charge in [-0.2, -0.15) is 0 Å². The summed E-state index contributed by atoms with van der Waals surface area (Å²) in [6, 6.07) is 7.76. The lowest BCUT2D eigenvalue weighted by Crippen LogP contribution is -2.28. The van der Waals surface area contributed by atoms with Crippen LogP contribution in [0.3, 0.4) is 0 Å². The van der Waals surface area contributed by atoms with Gasteiger partial charge in [0.15, 0.2) is 0 Å². The van der Waals surface area contributed by atoms with Gasteiger partial charge in [-0.1, -0.05) is 23.8 Å². The summed E-state index contributed by atoms with van der Waals surface area (Å²) < 4.78 is 0. The molecule has 0 heterocycles. The Kier molecular flexibility index (Phi) is 3.68. The fourth-order valence-electron chi connectivity index (χ4n) is 1.44. The van der Waals surface area contributed by atoms with Crippen molar-refractivity contribution >= 4 is 5.69 Å². The maximum Gasteiger partial charge on any atom is 0.0517 e. The van der Waals surface area contributed by atoms with Gasteiger partial charge in [0, 0.05) is 5.69 Å². The number of anilines is 1. The van der Waals surface area contributed by atoms with Gasteiger partial charge in [-0.15, -0.1) is 6.58 Å². The average molecular weight is 191 g/mol. The molecule has 0 bridgehead atoms. The highest BCUT2D eigenvalue weighted by Gasteiger charge is 2.11. The summed E-state index contributed by atoms with van der Waals surface area (Å²) in [5.74, 6) is 5.48. The highest BCUT2D eigenvalue weighted by molar-refractivity contribution is 5.48. The first-order valence-electron chi connectivity index (χ1n) is 4.60. The second-order valence-electron chi connectivity index (χ2n) is 3.51. The van der Waals surface area contributed by atoms with Crippen molar-refractivity contribution in [1.82, 2.24) is 5.43 Å². The molecule has 0 amide bonds. The number of nitrogens with one attached hydrogen (secondary N) is 1. The van der Waals surface area contributed by atoms with Gasteiger partial charge in [0.1, 0.15) is 0 Å². The van der Waals surface area contributed by atoms with Gasteiger partial charge >= 0.3 is 0 Å². The molecule has 3 heteroatoms. The van der Waals surface area contributed by atoms with Gasteiger partial charge in [-0.25, -0.2) is 0 Å². The lowest BCUT2D eigenvalue weighted by molar-refractivity contribution is 0.552. The third kappa shape index (κ3) is 2.58. The van der Waals surface area contributed by atoms with Crippen LogP contribution >= 0.6 is 0 Å². The van der Waals surface area contributed by atoms with Crippen LogP contribution in [0, 0.1) is 0 Å². The minimum absolute atomic E-state index is 0.0497. The summed E-state index contributed by atoms with van der Waals surface area (Å²) in [7, 11) is 0. The Morgan fingerprint density at radius 3 is 2.64 bits per heavy atom. The molecule has 3 nitrogen and oxygen atoms in total. The van der Waals surface area contributed by atoms with Crippen molar-refractivity contribution in [1.29, 1.82) is 0 Å². The van der Waals surface area contributed by atoms with Gasteiger partial charge in [0.25, 0.3) is 0 Å². The smallest absolute Gasteiger partial charge is 0.0517 e. The van der Waals surface area contributed by atoms with Gasteiger partial charge < -0.3 is 5.73 Å². The van der Waals surface area contributed by atoms with Crippen LogP contribution in [0.4, 0.5) is 5.69 Å². The zero-order chi connectivity index (χ0) is 10.6. The summed E-state index contributed by atoms with van der Waals surface area (Å²) in [5, 5.41) is 0. The molecule has 1 aromatic rings. The molecule has 1 atom stereocenters. The van der Waals surface area contributed by atoms with Crippen molar-refractivity contribution in [3.05, 3.63) is 42.0 Å². The van der Waals surface area contributed by atoms with E-state index >= 15 is 0 Å². The van der Waals surface area contributed by atoms with Crippen molar-refractivity contribution in [3.63, 3.8) is 0 Å². The molecule has 0 spiro atoms. The second-order valence-corrected chi connectivity index (χ2v) is 3.51. The molecule has 14 heavy (non-hydrogen) atoms.